The summed E-state index contributed by atoms with van der Waals surface area (Å²) in [6, 6.07) is 5.15. The Morgan fingerprint density at radius 1 is 1.44 bits per heavy atom. The lowest BCUT2D eigenvalue weighted by atomic mass is 10.3. The third-order valence-electron chi connectivity index (χ3n) is 2.80. The molecule has 18 heavy (non-hydrogen) atoms. The molecule has 0 amide bonds. The second-order valence-corrected chi connectivity index (χ2v) is 4.36. The largest absolute Gasteiger partial charge is 0.364 e. The van der Waals surface area contributed by atoms with Crippen molar-refractivity contribution in [1.29, 1.82) is 0 Å². The second kappa shape index (κ2) is 4.56. The molecular weight excluding hydrogens is 230 g/mol. The zero-order valence-electron chi connectivity index (χ0n) is 9.76. The fourth-order valence-electron chi connectivity index (χ4n) is 1.73. The van der Waals surface area contributed by atoms with E-state index in [9.17, 15) is 4.79 Å². The summed E-state index contributed by atoms with van der Waals surface area (Å²) < 4.78 is 0. The van der Waals surface area contributed by atoms with Gasteiger partial charge in [0.15, 0.2) is 0 Å². The van der Waals surface area contributed by atoms with Crippen LogP contribution < -0.4 is 10.9 Å². The molecule has 6 heteroatoms. The Balaban J connectivity index is 1.74. The quantitative estimate of drug-likeness (QED) is 0.838. The Kier molecular flexibility index (Phi) is 2.76. The third kappa shape index (κ3) is 2.53. The van der Waals surface area contributed by atoms with Gasteiger partial charge in [0.2, 0.25) is 0 Å². The van der Waals surface area contributed by atoms with E-state index in [-0.39, 0.29) is 5.56 Å². The van der Waals surface area contributed by atoms with Gasteiger partial charge >= 0.3 is 0 Å². The lowest BCUT2D eigenvalue weighted by Crippen LogP contribution is -2.13. The van der Waals surface area contributed by atoms with Crippen LogP contribution in [0.5, 0.6) is 0 Å². The van der Waals surface area contributed by atoms with E-state index in [0.29, 0.717) is 18.3 Å². The summed E-state index contributed by atoms with van der Waals surface area (Å²) in [6.07, 6.45) is 3.84. The number of hydrogen-bond donors (Lipinski definition) is 2. The minimum atomic E-state index is -0.117. The molecule has 1 aliphatic carbocycles. The van der Waals surface area contributed by atoms with Gasteiger partial charge in [-0.25, -0.2) is 4.98 Å². The molecule has 2 aromatic rings. The minimum absolute atomic E-state index is 0.117. The van der Waals surface area contributed by atoms with Crippen molar-refractivity contribution in [3.63, 3.8) is 0 Å². The van der Waals surface area contributed by atoms with Crippen LogP contribution in [0.25, 0.3) is 0 Å². The SMILES string of the molecule is O=c1cc(NCc2cccnn2)nc(C2CC2)[nH]1. The zero-order valence-corrected chi connectivity index (χ0v) is 9.76. The maximum atomic E-state index is 11.5. The molecule has 0 aromatic carbocycles. The van der Waals surface area contributed by atoms with Crippen LogP contribution in [0.3, 0.4) is 0 Å². The fourth-order valence-corrected chi connectivity index (χ4v) is 1.73. The molecule has 92 valence electrons. The summed E-state index contributed by atoms with van der Waals surface area (Å²) >= 11 is 0. The van der Waals surface area contributed by atoms with Crippen LogP contribution >= 0.6 is 0 Å². The normalized spacial score (nSPS) is 14.4. The van der Waals surface area contributed by atoms with Gasteiger partial charge in [-0.1, -0.05) is 0 Å². The van der Waals surface area contributed by atoms with Crippen molar-refractivity contribution < 1.29 is 0 Å². The standard InChI is InChI=1S/C12H13N5O/c18-11-6-10(15-12(16-11)8-3-4-8)13-7-9-2-1-5-14-17-9/h1-2,5-6,8H,3-4,7H2,(H2,13,15,16,18). The van der Waals surface area contributed by atoms with Crippen LogP contribution in [0.2, 0.25) is 0 Å². The number of aromatic nitrogens is 4. The van der Waals surface area contributed by atoms with E-state index in [1.54, 1.807) is 6.20 Å². The van der Waals surface area contributed by atoms with E-state index in [2.05, 4.69) is 25.5 Å². The molecule has 2 aromatic heterocycles. The highest BCUT2D eigenvalue weighted by Gasteiger charge is 2.26. The van der Waals surface area contributed by atoms with Gasteiger partial charge in [0.1, 0.15) is 11.6 Å². The number of H-pyrrole nitrogens is 1. The van der Waals surface area contributed by atoms with Gasteiger partial charge < -0.3 is 10.3 Å². The first-order chi connectivity index (χ1) is 8.81. The first-order valence-electron chi connectivity index (χ1n) is 5.93. The number of nitrogens with one attached hydrogen (secondary N) is 2. The molecule has 0 spiro atoms. The first-order valence-corrected chi connectivity index (χ1v) is 5.93. The van der Waals surface area contributed by atoms with Crippen molar-refractivity contribution in [3.8, 4) is 0 Å². The summed E-state index contributed by atoms with van der Waals surface area (Å²) in [5.41, 5.74) is 0.695. The summed E-state index contributed by atoms with van der Waals surface area (Å²) in [7, 11) is 0. The smallest absolute Gasteiger partial charge is 0.252 e. The van der Waals surface area contributed by atoms with Crippen LogP contribution in [0.1, 0.15) is 30.3 Å². The lowest BCUT2D eigenvalue weighted by molar-refractivity contribution is 0.887. The van der Waals surface area contributed by atoms with Gasteiger partial charge in [-0.3, -0.25) is 4.79 Å². The molecule has 1 aliphatic rings. The molecule has 1 fully saturated rings. The van der Waals surface area contributed by atoms with E-state index in [4.69, 9.17) is 0 Å². The molecule has 6 nitrogen and oxygen atoms in total. The van der Waals surface area contributed by atoms with Crippen LogP contribution in [0.4, 0.5) is 5.82 Å². The highest BCUT2D eigenvalue weighted by molar-refractivity contribution is 5.34. The summed E-state index contributed by atoms with van der Waals surface area (Å²) in [4.78, 5) is 18.7. The second-order valence-electron chi connectivity index (χ2n) is 4.36. The Bertz CT molecular complexity index is 591. The third-order valence-corrected chi connectivity index (χ3v) is 2.80. The van der Waals surface area contributed by atoms with Crippen molar-refractivity contribution in [2.24, 2.45) is 0 Å². The van der Waals surface area contributed by atoms with Crippen molar-refractivity contribution in [2.45, 2.75) is 25.3 Å². The number of rotatable bonds is 4. The maximum Gasteiger partial charge on any atom is 0.252 e. The summed E-state index contributed by atoms with van der Waals surface area (Å²) in [6.45, 7) is 0.508. The molecule has 3 rings (SSSR count). The topological polar surface area (TPSA) is 83.6 Å². The van der Waals surface area contributed by atoms with E-state index in [0.717, 1.165) is 24.4 Å². The molecule has 1 saturated carbocycles. The Labute approximate surface area is 104 Å². The van der Waals surface area contributed by atoms with Crippen LogP contribution in [-0.4, -0.2) is 20.2 Å². The van der Waals surface area contributed by atoms with Gasteiger partial charge in [0, 0.05) is 18.2 Å². The number of nitrogens with zero attached hydrogens (tertiary/aromatic N) is 3. The lowest BCUT2D eigenvalue weighted by Gasteiger charge is -2.05. The average Bonchev–Trinajstić information content (AvgIpc) is 3.21. The van der Waals surface area contributed by atoms with Crippen molar-refractivity contribution >= 4 is 5.82 Å². The zero-order chi connectivity index (χ0) is 12.4. The van der Waals surface area contributed by atoms with E-state index in [1.807, 2.05) is 12.1 Å². The average molecular weight is 243 g/mol. The molecule has 2 heterocycles. The number of anilines is 1. The first kappa shape index (κ1) is 10.9. The predicted molar refractivity (Wildman–Crippen MR) is 66.2 cm³/mol. The Hall–Kier alpha value is -2.24. The molecule has 0 bridgehead atoms. The van der Waals surface area contributed by atoms with Crippen LogP contribution in [0, 0.1) is 0 Å². The minimum Gasteiger partial charge on any atom is -0.364 e. The van der Waals surface area contributed by atoms with Gasteiger partial charge in [0.25, 0.3) is 5.56 Å². The van der Waals surface area contributed by atoms with Gasteiger partial charge in [-0.2, -0.15) is 10.2 Å². The molecule has 0 aliphatic heterocycles. The van der Waals surface area contributed by atoms with E-state index in [1.165, 1.54) is 6.07 Å². The molecule has 0 saturated heterocycles. The fraction of sp³-hybridized carbons (Fsp3) is 0.333. The van der Waals surface area contributed by atoms with Crippen LogP contribution in [0.15, 0.2) is 29.2 Å². The van der Waals surface area contributed by atoms with Crippen molar-refractivity contribution in [1.82, 2.24) is 20.2 Å². The molecule has 2 N–H and O–H groups in total. The Morgan fingerprint density at radius 3 is 3.06 bits per heavy atom. The number of aromatic amines is 1. The molecule has 0 radical (unpaired) electrons. The number of hydrogen-bond acceptors (Lipinski definition) is 5. The molecule has 0 unspecified atom stereocenters. The van der Waals surface area contributed by atoms with Crippen molar-refractivity contribution in [3.05, 3.63) is 46.3 Å². The monoisotopic (exact) mass is 243 g/mol. The highest BCUT2D eigenvalue weighted by Crippen LogP contribution is 2.37. The molecule has 0 atom stereocenters. The van der Waals surface area contributed by atoms with Gasteiger partial charge in [0.05, 0.1) is 12.2 Å². The highest BCUT2D eigenvalue weighted by atomic mass is 16.1. The maximum absolute atomic E-state index is 11.5. The van der Waals surface area contributed by atoms with Gasteiger partial charge in [-0.05, 0) is 25.0 Å². The predicted octanol–water partition coefficient (Wildman–Crippen LogP) is 1.05. The summed E-state index contributed by atoms with van der Waals surface area (Å²) in [5.74, 6) is 1.80. The summed E-state index contributed by atoms with van der Waals surface area (Å²) in [5, 5.41) is 10.8. The molecular formula is C12H13N5O. The van der Waals surface area contributed by atoms with Crippen LogP contribution in [-0.2, 0) is 6.54 Å². The van der Waals surface area contributed by atoms with E-state index < -0.39 is 0 Å². The van der Waals surface area contributed by atoms with Crippen molar-refractivity contribution in [2.75, 3.05) is 5.32 Å². The van der Waals surface area contributed by atoms with Gasteiger partial charge in [-0.15, -0.1) is 0 Å². The van der Waals surface area contributed by atoms with E-state index >= 15 is 0 Å². The Morgan fingerprint density at radius 2 is 2.33 bits per heavy atom.